The third-order valence-electron chi connectivity index (χ3n) is 4.77. The van der Waals surface area contributed by atoms with Crippen molar-refractivity contribution < 1.29 is 13.2 Å². The molecule has 0 aliphatic rings. The first-order valence-electron chi connectivity index (χ1n) is 10.2. The van der Waals surface area contributed by atoms with E-state index >= 15 is 0 Å². The smallest absolute Gasteiger partial charge is 0.243 e. The van der Waals surface area contributed by atoms with E-state index in [1.807, 2.05) is 19.9 Å². The first-order valence-corrected chi connectivity index (χ1v) is 13.5. The van der Waals surface area contributed by atoms with Crippen LogP contribution >= 0.6 is 23.1 Å². The average Bonchev–Trinajstić information content (AvgIpc) is 3.38. The van der Waals surface area contributed by atoms with Gasteiger partial charge in [0.2, 0.25) is 15.9 Å². The van der Waals surface area contributed by atoms with Crippen molar-refractivity contribution in [2.24, 2.45) is 0 Å². The number of aromatic nitrogens is 3. The number of nitrogens with zero attached hydrogens (tertiary/aromatic N) is 4. The van der Waals surface area contributed by atoms with Gasteiger partial charge in [-0.15, -0.1) is 11.3 Å². The third-order valence-corrected chi connectivity index (χ3v) is 8.48. The number of hydrogen-bond acceptors (Lipinski definition) is 7. The van der Waals surface area contributed by atoms with Crippen LogP contribution in [0.4, 0.5) is 5.13 Å². The fourth-order valence-corrected chi connectivity index (χ4v) is 6.04. The number of amides is 1. The van der Waals surface area contributed by atoms with Crippen molar-refractivity contribution in [2.75, 3.05) is 24.2 Å². The van der Waals surface area contributed by atoms with Gasteiger partial charge in [0.25, 0.3) is 0 Å². The first-order chi connectivity index (χ1) is 14.9. The summed E-state index contributed by atoms with van der Waals surface area (Å²) in [4.78, 5) is 21.2. The van der Waals surface area contributed by atoms with Crippen molar-refractivity contribution in [3.8, 4) is 0 Å². The van der Waals surface area contributed by atoms with Crippen LogP contribution in [0.5, 0.6) is 0 Å². The number of carbonyl (C=O) groups is 1. The van der Waals surface area contributed by atoms with Crippen LogP contribution in [-0.4, -0.2) is 52.0 Å². The SMILES string of the molecule is CCCCn1c(SCC(=O)Nc2nccs2)nc2cc(S(=O)(=O)N(CC)CC)ccc21. The van der Waals surface area contributed by atoms with Crippen LogP contribution in [0.3, 0.4) is 0 Å². The summed E-state index contributed by atoms with van der Waals surface area (Å²) in [7, 11) is -3.56. The maximum atomic E-state index is 12.9. The lowest BCUT2D eigenvalue weighted by Gasteiger charge is -2.18. The lowest BCUT2D eigenvalue weighted by molar-refractivity contribution is -0.113. The number of benzene rings is 1. The molecule has 3 aromatic rings. The van der Waals surface area contributed by atoms with E-state index in [1.54, 1.807) is 23.7 Å². The number of anilines is 1. The summed E-state index contributed by atoms with van der Waals surface area (Å²) in [5.74, 6) is 0.0402. The van der Waals surface area contributed by atoms with Crippen LogP contribution in [0.2, 0.25) is 0 Å². The molecule has 8 nitrogen and oxygen atoms in total. The summed E-state index contributed by atoms with van der Waals surface area (Å²) < 4.78 is 29.3. The Bertz CT molecular complexity index is 1120. The molecule has 0 saturated heterocycles. The molecule has 2 aromatic heterocycles. The summed E-state index contributed by atoms with van der Waals surface area (Å²) in [6.07, 6.45) is 3.62. The van der Waals surface area contributed by atoms with Gasteiger partial charge in [-0.25, -0.2) is 18.4 Å². The third kappa shape index (κ3) is 5.46. The molecule has 3 rings (SSSR count). The maximum Gasteiger partial charge on any atom is 0.243 e. The standard InChI is InChI=1S/C20H27N5O3S3/c1-4-7-11-25-17-9-8-15(31(27,28)24(5-2)6-3)13-16(17)22-20(25)30-14-18(26)23-19-21-10-12-29-19/h8-10,12-13H,4-7,11,14H2,1-3H3,(H,21,23,26). The van der Waals surface area contributed by atoms with Gasteiger partial charge in [0.1, 0.15) is 0 Å². The van der Waals surface area contributed by atoms with Gasteiger partial charge in [-0.3, -0.25) is 4.79 Å². The van der Waals surface area contributed by atoms with Crippen LogP contribution in [0.1, 0.15) is 33.6 Å². The fraction of sp³-hybridized carbons (Fsp3) is 0.450. The predicted molar refractivity (Wildman–Crippen MR) is 126 cm³/mol. The van der Waals surface area contributed by atoms with Gasteiger partial charge >= 0.3 is 0 Å². The summed E-state index contributed by atoms with van der Waals surface area (Å²) in [5, 5.41) is 5.84. The Hall–Kier alpha value is -1.95. The van der Waals surface area contributed by atoms with Crippen LogP contribution in [0.15, 0.2) is 39.8 Å². The second kappa shape index (κ2) is 10.6. The van der Waals surface area contributed by atoms with E-state index in [9.17, 15) is 13.2 Å². The van der Waals surface area contributed by atoms with Gasteiger partial charge in [-0.2, -0.15) is 4.31 Å². The Balaban J connectivity index is 1.88. The zero-order chi connectivity index (χ0) is 22.4. The van der Waals surface area contributed by atoms with Crippen molar-refractivity contribution in [1.82, 2.24) is 18.8 Å². The second-order valence-corrected chi connectivity index (χ2v) is 10.6. The zero-order valence-corrected chi connectivity index (χ0v) is 20.3. The first kappa shape index (κ1) is 23.7. The molecule has 0 saturated carbocycles. The zero-order valence-electron chi connectivity index (χ0n) is 17.9. The topological polar surface area (TPSA) is 97.2 Å². The van der Waals surface area contributed by atoms with Crippen LogP contribution in [0.25, 0.3) is 11.0 Å². The Morgan fingerprint density at radius 1 is 1.26 bits per heavy atom. The minimum absolute atomic E-state index is 0.154. The van der Waals surface area contributed by atoms with Gasteiger partial charge in [0.15, 0.2) is 10.3 Å². The maximum absolute atomic E-state index is 12.9. The number of carbonyl (C=O) groups excluding carboxylic acids is 1. The Kier molecular flexibility index (Phi) is 8.09. The highest BCUT2D eigenvalue weighted by Crippen LogP contribution is 2.28. The van der Waals surface area contributed by atoms with Gasteiger partial charge in [0.05, 0.1) is 21.7 Å². The molecule has 0 aliphatic heterocycles. The molecule has 0 fully saturated rings. The molecule has 0 atom stereocenters. The van der Waals surface area contributed by atoms with E-state index in [-0.39, 0.29) is 16.6 Å². The lowest BCUT2D eigenvalue weighted by Crippen LogP contribution is -2.30. The van der Waals surface area contributed by atoms with Crippen molar-refractivity contribution in [3.05, 3.63) is 29.8 Å². The molecule has 168 valence electrons. The normalized spacial score (nSPS) is 12.0. The highest BCUT2D eigenvalue weighted by Gasteiger charge is 2.23. The van der Waals surface area contributed by atoms with E-state index in [2.05, 4.69) is 26.8 Å². The van der Waals surface area contributed by atoms with Crippen LogP contribution in [-0.2, 0) is 21.4 Å². The van der Waals surface area contributed by atoms with E-state index in [0.29, 0.717) is 28.9 Å². The second-order valence-electron chi connectivity index (χ2n) is 6.81. The monoisotopic (exact) mass is 481 g/mol. The molecule has 1 N–H and O–H groups in total. The number of nitrogens with one attached hydrogen (secondary N) is 1. The fourth-order valence-electron chi connectivity index (χ4n) is 3.17. The van der Waals surface area contributed by atoms with Crippen molar-refractivity contribution >= 4 is 55.2 Å². The number of thiazole rings is 1. The number of hydrogen-bond donors (Lipinski definition) is 1. The molecule has 0 unspecified atom stereocenters. The molecular weight excluding hydrogens is 454 g/mol. The van der Waals surface area contributed by atoms with E-state index in [1.165, 1.54) is 27.4 Å². The molecule has 11 heteroatoms. The Morgan fingerprint density at radius 2 is 2.03 bits per heavy atom. The Morgan fingerprint density at radius 3 is 2.68 bits per heavy atom. The summed E-state index contributed by atoms with van der Waals surface area (Å²) in [6, 6.07) is 5.09. The van der Waals surface area contributed by atoms with E-state index < -0.39 is 10.0 Å². The minimum atomic E-state index is -3.56. The van der Waals surface area contributed by atoms with Gasteiger partial charge in [-0.05, 0) is 24.6 Å². The molecule has 0 radical (unpaired) electrons. The Labute approximate surface area is 191 Å². The number of unbranched alkanes of at least 4 members (excludes halogenated alkanes) is 1. The summed E-state index contributed by atoms with van der Waals surface area (Å²) >= 11 is 2.71. The molecule has 0 aliphatic carbocycles. The summed E-state index contributed by atoms with van der Waals surface area (Å²) in [5.41, 5.74) is 1.49. The number of fused-ring (bicyclic) bond motifs is 1. The van der Waals surface area contributed by atoms with Gasteiger partial charge in [-0.1, -0.05) is 39.0 Å². The van der Waals surface area contributed by atoms with Crippen LogP contribution in [0, 0.1) is 0 Å². The molecule has 0 bridgehead atoms. The average molecular weight is 482 g/mol. The van der Waals surface area contributed by atoms with E-state index in [4.69, 9.17) is 0 Å². The van der Waals surface area contributed by atoms with Gasteiger partial charge < -0.3 is 9.88 Å². The molecule has 2 heterocycles. The highest BCUT2D eigenvalue weighted by atomic mass is 32.2. The minimum Gasteiger partial charge on any atom is -0.319 e. The largest absolute Gasteiger partial charge is 0.319 e. The molecular formula is C20H27N5O3S3. The van der Waals surface area contributed by atoms with E-state index in [0.717, 1.165) is 24.9 Å². The number of rotatable bonds is 11. The number of aryl methyl sites for hydroxylation is 1. The van der Waals surface area contributed by atoms with Crippen molar-refractivity contribution in [1.29, 1.82) is 0 Å². The number of sulfonamides is 1. The van der Waals surface area contributed by atoms with Crippen molar-refractivity contribution in [2.45, 2.75) is 50.2 Å². The number of imidazole rings is 1. The highest BCUT2D eigenvalue weighted by molar-refractivity contribution is 7.99. The van der Waals surface area contributed by atoms with Gasteiger partial charge in [0, 0.05) is 31.2 Å². The summed E-state index contributed by atoms with van der Waals surface area (Å²) in [6.45, 7) is 7.34. The molecule has 0 spiro atoms. The predicted octanol–water partition coefficient (Wildman–Crippen LogP) is 4.05. The lowest BCUT2D eigenvalue weighted by atomic mass is 10.3. The molecule has 31 heavy (non-hydrogen) atoms. The quantitative estimate of drug-likeness (QED) is 0.415. The van der Waals surface area contributed by atoms with Crippen LogP contribution < -0.4 is 5.32 Å². The molecule has 1 aromatic carbocycles. The number of thioether (sulfide) groups is 1. The molecule has 1 amide bonds. The van der Waals surface area contributed by atoms with Crippen molar-refractivity contribution in [3.63, 3.8) is 0 Å².